The summed E-state index contributed by atoms with van der Waals surface area (Å²) < 4.78 is 5.23. The molecule has 1 N–H and O–H groups in total. The monoisotopic (exact) mass is 335 g/mol. The average Bonchev–Trinajstić information content (AvgIpc) is 2.64. The van der Waals surface area contributed by atoms with Crippen LogP contribution in [0, 0.1) is 11.3 Å². The Morgan fingerprint density at radius 2 is 1.92 bits per heavy atom. The summed E-state index contributed by atoms with van der Waals surface area (Å²) in [6, 6.07) is 19.2. The number of halogens is 1. The lowest BCUT2D eigenvalue weighted by Crippen LogP contribution is -1.98. The normalized spacial score (nSPS) is 10.0. The predicted octanol–water partition coefficient (Wildman–Crippen LogP) is 5.03. The van der Waals surface area contributed by atoms with E-state index in [1.807, 2.05) is 54.6 Å². The van der Waals surface area contributed by atoms with Crippen LogP contribution in [0.3, 0.4) is 0 Å². The number of methoxy groups -OCH3 is 1. The molecule has 3 aromatic rings. The molecule has 2 aromatic carbocycles. The smallest absolute Gasteiger partial charge is 0.150 e. The van der Waals surface area contributed by atoms with E-state index >= 15 is 0 Å². The van der Waals surface area contributed by atoms with E-state index < -0.39 is 0 Å². The van der Waals surface area contributed by atoms with Crippen LogP contribution in [0.4, 0.5) is 11.5 Å². The van der Waals surface area contributed by atoms with E-state index in [-0.39, 0.29) is 0 Å². The lowest BCUT2D eigenvalue weighted by molar-refractivity contribution is 0.415. The maximum atomic E-state index is 9.56. The Morgan fingerprint density at radius 3 is 2.62 bits per heavy atom. The van der Waals surface area contributed by atoms with Gasteiger partial charge in [-0.1, -0.05) is 41.9 Å². The number of nitrogens with one attached hydrogen (secondary N) is 1. The van der Waals surface area contributed by atoms with Crippen molar-refractivity contribution in [2.45, 2.75) is 0 Å². The molecule has 4 nitrogen and oxygen atoms in total. The number of ether oxygens (including phenoxy) is 1. The van der Waals surface area contributed by atoms with Crippen molar-refractivity contribution in [1.82, 2.24) is 4.98 Å². The number of anilines is 2. The van der Waals surface area contributed by atoms with Crippen LogP contribution in [0.5, 0.6) is 5.75 Å². The van der Waals surface area contributed by atoms with Crippen LogP contribution < -0.4 is 10.1 Å². The third kappa shape index (κ3) is 3.17. The van der Waals surface area contributed by atoms with Crippen LogP contribution in [0.25, 0.3) is 11.1 Å². The predicted molar refractivity (Wildman–Crippen MR) is 95.7 cm³/mol. The number of nitrogens with zero attached hydrogens (tertiary/aromatic N) is 2. The van der Waals surface area contributed by atoms with E-state index in [2.05, 4.69) is 16.4 Å². The number of hydrogen-bond donors (Lipinski definition) is 1. The van der Waals surface area contributed by atoms with Gasteiger partial charge in [0, 0.05) is 17.4 Å². The van der Waals surface area contributed by atoms with Crippen LogP contribution >= 0.6 is 11.6 Å². The van der Waals surface area contributed by atoms with Gasteiger partial charge in [-0.25, -0.2) is 4.98 Å². The minimum atomic E-state index is 0.293. The molecular weight excluding hydrogens is 322 g/mol. The van der Waals surface area contributed by atoms with E-state index in [1.54, 1.807) is 13.3 Å². The summed E-state index contributed by atoms with van der Waals surface area (Å²) in [6.45, 7) is 0. The molecule has 0 aliphatic heterocycles. The first-order valence-electron chi connectivity index (χ1n) is 7.28. The zero-order chi connectivity index (χ0) is 16.9. The zero-order valence-corrected chi connectivity index (χ0v) is 13.7. The van der Waals surface area contributed by atoms with Crippen LogP contribution in [0.1, 0.15) is 5.56 Å². The summed E-state index contributed by atoms with van der Waals surface area (Å²) in [5.41, 5.74) is 2.72. The second kappa shape index (κ2) is 7.03. The van der Waals surface area contributed by atoms with Crippen LogP contribution in [-0.4, -0.2) is 12.1 Å². The summed E-state index contributed by atoms with van der Waals surface area (Å²) >= 11 is 6.41. The molecule has 118 valence electrons. The molecule has 0 saturated carbocycles. The largest absolute Gasteiger partial charge is 0.497 e. The SMILES string of the molecule is COc1cccc(-c2cnc(Nc3ccccc3)c(Cl)c2C#N)c1. The number of nitriles is 1. The molecular formula is C19H14ClN3O. The Morgan fingerprint density at radius 1 is 1.12 bits per heavy atom. The number of rotatable bonds is 4. The Hall–Kier alpha value is -3.03. The first kappa shape index (κ1) is 15.9. The molecule has 0 bridgehead atoms. The maximum Gasteiger partial charge on any atom is 0.150 e. The lowest BCUT2D eigenvalue weighted by Gasteiger charge is -2.12. The van der Waals surface area contributed by atoms with Crippen molar-refractivity contribution in [3.05, 3.63) is 71.4 Å². The molecule has 0 spiro atoms. The Labute approximate surface area is 145 Å². The Kier molecular flexibility index (Phi) is 4.64. The third-order valence-electron chi connectivity index (χ3n) is 3.55. The average molecular weight is 336 g/mol. The highest BCUT2D eigenvalue weighted by atomic mass is 35.5. The fraction of sp³-hybridized carbons (Fsp3) is 0.0526. The molecule has 24 heavy (non-hydrogen) atoms. The summed E-state index contributed by atoms with van der Waals surface area (Å²) in [5.74, 6) is 1.16. The van der Waals surface area contributed by atoms with E-state index in [0.717, 1.165) is 11.3 Å². The highest BCUT2D eigenvalue weighted by Crippen LogP contribution is 2.34. The van der Waals surface area contributed by atoms with Crippen molar-refractivity contribution in [2.75, 3.05) is 12.4 Å². The van der Waals surface area contributed by atoms with Gasteiger partial charge in [0.05, 0.1) is 12.7 Å². The number of para-hydroxylation sites is 1. The van der Waals surface area contributed by atoms with E-state index in [4.69, 9.17) is 16.3 Å². The molecule has 5 heteroatoms. The fourth-order valence-electron chi connectivity index (χ4n) is 2.35. The number of hydrogen-bond acceptors (Lipinski definition) is 4. The summed E-state index contributed by atoms with van der Waals surface area (Å²) in [6.07, 6.45) is 1.64. The molecule has 3 rings (SSSR count). The van der Waals surface area contributed by atoms with Gasteiger partial charge in [0.25, 0.3) is 0 Å². The Bertz CT molecular complexity index is 904. The molecule has 0 aliphatic carbocycles. The zero-order valence-electron chi connectivity index (χ0n) is 13.0. The van der Waals surface area contributed by atoms with Crippen LogP contribution in [0.2, 0.25) is 5.02 Å². The van der Waals surface area contributed by atoms with Crippen molar-refractivity contribution in [1.29, 1.82) is 5.26 Å². The van der Waals surface area contributed by atoms with Gasteiger partial charge in [0.2, 0.25) is 0 Å². The van der Waals surface area contributed by atoms with Crippen LogP contribution in [0.15, 0.2) is 60.8 Å². The number of benzene rings is 2. The highest BCUT2D eigenvalue weighted by molar-refractivity contribution is 6.34. The van der Waals surface area contributed by atoms with E-state index in [1.165, 1.54) is 0 Å². The molecule has 0 radical (unpaired) electrons. The first-order valence-corrected chi connectivity index (χ1v) is 7.66. The molecule has 0 amide bonds. The van der Waals surface area contributed by atoms with Crippen molar-refractivity contribution >= 4 is 23.1 Å². The molecule has 1 aromatic heterocycles. The quantitative estimate of drug-likeness (QED) is 0.726. The minimum absolute atomic E-state index is 0.293. The summed E-state index contributed by atoms with van der Waals surface area (Å²) in [7, 11) is 1.60. The maximum absolute atomic E-state index is 9.56. The van der Waals surface area contributed by atoms with Gasteiger partial charge < -0.3 is 10.1 Å². The van der Waals surface area contributed by atoms with Gasteiger partial charge in [-0.2, -0.15) is 5.26 Å². The fourth-order valence-corrected chi connectivity index (χ4v) is 2.59. The molecule has 0 fully saturated rings. The van der Waals surface area contributed by atoms with Crippen molar-refractivity contribution < 1.29 is 4.74 Å². The molecule has 0 atom stereocenters. The first-order chi connectivity index (χ1) is 11.7. The van der Waals surface area contributed by atoms with Gasteiger partial charge in [-0.3, -0.25) is 0 Å². The van der Waals surface area contributed by atoms with Gasteiger partial charge in [0.15, 0.2) is 5.82 Å². The highest BCUT2D eigenvalue weighted by Gasteiger charge is 2.15. The molecule has 0 saturated heterocycles. The van der Waals surface area contributed by atoms with Gasteiger partial charge >= 0.3 is 0 Å². The third-order valence-corrected chi connectivity index (χ3v) is 3.92. The second-order valence-electron chi connectivity index (χ2n) is 5.04. The van der Waals surface area contributed by atoms with Gasteiger partial charge in [0.1, 0.15) is 16.8 Å². The van der Waals surface area contributed by atoms with Gasteiger partial charge in [-0.15, -0.1) is 0 Å². The molecule has 1 heterocycles. The number of pyridine rings is 1. The standard InChI is InChI=1S/C19H14ClN3O/c1-24-15-9-5-6-13(10-15)17-12-22-19(18(20)16(17)11-21)23-14-7-3-2-4-8-14/h2-10,12H,1H3,(H,22,23). The number of aromatic nitrogens is 1. The minimum Gasteiger partial charge on any atom is -0.497 e. The van der Waals surface area contributed by atoms with Crippen LogP contribution in [-0.2, 0) is 0 Å². The topological polar surface area (TPSA) is 57.9 Å². The Balaban J connectivity index is 2.04. The second-order valence-corrected chi connectivity index (χ2v) is 5.42. The summed E-state index contributed by atoms with van der Waals surface area (Å²) in [5, 5.41) is 13.0. The summed E-state index contributed by atoms with van der Waals surface area (Å²) in [4.78, 5) is 4.38. The van der Waals surface area contributed by atoms with Gasteiger partial charge in [-0.05, 0) is 29.8 Å². The van der Waals surface area contributed by atoms with E-state index in [9.17, 15) is 5.26 Å². The molecule has 0 aliphatic rings. The molecule has 0 unspecified atom stereocenters. The lowest BCUT2D eigenvalue weighted by atomic mass is 10.0. The van der Waals surface area contributed by atoms with E-state index in [0.29, 0.717) is 27.7 Å². The van der Waals surface area contributed by atoms with Crippen molar-refractivity contribution in [3.8, 4) is 22.9 Å². The van der Waals surface area contributed by atoms with Crippen molar-refractivity contribution in [3.63, 3.8) is 0 Å². The van der Waals surface area contributed by atoms with Crippen molar-refractivity contribution in [2.24, 2.45) is 0 Å².